The molecule has 2 aromatic rings. The highest BCUT2D eigenvalue weighted by molar-refractivity contribution is 9.10. The summed E-state index contributed by atoms with van der Waals surface area (Å²) in [5.74, 6) is -1.71. The molecule has 0 spiro atoms. The molecule has 0 fully saturated rings. The Bertz CT molecular complexity index is 1120. The third kappa shape index (κ3) is 7.11. The lowest BCUT2D eigenvalue weighted by Gasteiger charge is -2.06. The number of nitrogens with one attached hydrogen (secondary N) is 1. The van der Waals surface area contributed by atoms with Crippen LogP contribution in [0.1, 0.15) is 23.4 Å². The van der Waals surface area contributed by atoms with Crippen LogP contribution in [0.5, 0.6) is 0 Å². The molecule has 0 aliphatic carbocycles. The molecule has 0 unspecified atom stereocenters. The van der Waals surface area contributed by atoms with Gasteiger partial charge in [-0.05, 0) is 58.7 Å². The molecular weight excluding hydrogens is 507 g/mol. The molecule has 0 radical (unpaired) electrons. The molecular formula is C16H20BrFN4O6S2. The predicted molar refractivity (Wildman–Crippen MR) is 110 cm³/mol. The molecule has 0 bridgehead atoms. The molecule has 166 valence electrons. The molecule has 0 aliphatic heterocycles. The zero-order valence-corrected chi connectivity index (χ0v) is 19.1. The summed E-state index contributed by atoms with van der Waals surface area (Å²) in [6, 6.07) is 4.30. The normalized spacial score (nSPS) is 13.0. The highest BCUT2D eigenvalue weighted by atomic mass is 79.9. The number of aryl methyl sites for hydroxylation is 1. The number of aromatic nitrogens is 2. The van der Waals surface area contributed by atoms with E-state index >= 15 is 0 Å². The molecule has 0 atom stereocenters. The molecule has 1 aromatic carbocycles. The first-order valence-electron chi connectivity index (χ1n) is 8.65. The average molecular weight is 527 g/mol. The summed E-state index contributed by atoms with van der Waals surface area (Å²) >= 11 is 3.08. The monoisotopic (exact) mass is 526 g/mol. The molecule has 0 saturated heterocycles. The lowest BCUT2D eigenvalue weighted by atomic mass is 10.0. The molecule has 0 amide bonds. The third-order valence-electron chi connectivity index (χ3n) is 4.15. The zero-order valence-electron chi connectivity index (χ0n) is 15.9. The van der Waals surface area contributed by atoms with Crippen molar-refractivity contribution in [2.24, 2.45) is 5.16 Å². The van der Waals surface area contributed by atoms with Crippen LogP contribution in [0.25, 0.3) is 0 Å². The number of nitrogens with zero attached hydrogens (tertiary/aromatic N) is 3. The Kier molecular flexibility index (Phi) is 8.46. The Morgan fingerprint density at radius 3 is 2.60 bits per heavy atom. The maximum Gasteiger partial charge on any atom is 0.212 e. The SMILES string of the molecule is CNS(=O)(=O)CCS(=O)(=O)CCCc1nonc1/C(Cc1ccc(F)c(Br)c1)=N/O. The highest BCUT2D eigenvalue weighted by Gasteiger charge is 2.20. The maximum atomic E-state index is 13.4. The van der Waals surface area contributed by atoms with Gasteiger partial charge in [-0.25, -0.2) is 30.6 Å². The first-order chi connectivity index (χ1) is 14.1. The van der Waals surface area contributed by atoms with Crippen molar-refractivity contribution in [1.29, 1.82) is 0 Å². The van der Waals surface area contributed by atoms with Crippen LogP contribution in [0.2, 0.25) is 0 Å². The van der Waals surface area contributed by atoms with Crippen molar-refractivity contribution in [3.05, 3.63) is 45.4 Å². The molecule has 1 aromatic heterocycles. The summed E-state index contributed by atoms with van der Waals surface area (Å²) in [6.07, 6.45) is 0.406. The van der Waals surface area contributed by atoms with Crippen molar-refractivity contribution in [2.75, 3.05) is 24.3 Å². The van der Waals surface area contributed by atoms with Crippen molar-refractivity contribution in [3.63, 3.8) is 0 Å². The average Bonchev–Trinajstić information content (AvgIpc) is 3.15. The van der Waals surface area contributed by atoms with Crippen LogP contribution in [0.4, 0.5) is 4.39 Å². The van der Waals surface area contributed by atoms with Gasteiger partial charge in [0.15, 0.2) is 15.5 Å². The van der Waals surface area contributed by atoms with Gasteiger partial charge >= 0.3 is 0 Å². The Labute approximate surface area is 181 Å². The van der Waals surface area contributed by atoms with Gasteiger partial charge in [-0.15, -0.1) is 0 Å². The van der Waals surface area contributed by atoms with Gasteiger partial charge in [0, 0.05) is 6.42 Å². The summed E-state index contributed by atoms with van der Waals surface area (Å²) in [6.45, 7) is 0. The van der Waals surface area contributed by atoms with E-state index in [0.717, 1.165) is 0 Å². The minimum absolute atomic E-state index is 0.108. The second kappa shape index (κ2) is 10.4. The van der Waals surface area contributed by atoms with E-state index in [1.807, 2.05) is 0 Å². The van der Waals surface area contributed by atoms with Crippen LogP contribution in [0, 0.1) is 5.82 Å². The van der Waals surface area contributed by atoms with Crippen LogP contribution in [-0.2, 0) is 32.7 Å². The van der Waals surface area contributed by atoms with E-state index in [9.17, 15) is 26.4 Å². The third-order valence-corrected chi connectivity index (χ3v) is 8.12. The Morgan fingerprint density at radius 1 is 1.23 bits per heavy atom. The topological polar surface area (TPSA) is 152 Å². The molecule has 10 nitrogen and oxygen atoms in total. The molecule has 2 rings (SSSR count). The number of sulfonamides is 1. The number of rotatable bonds is 11. The van der Waals surface area contributed by atoms with E-state index < -0.39 is 37.2 Å². The minimum Gasteiger partial charge on any atom is -0.411 e. The fourth-order valence-electron chi connectivity index (χ4n) is 2.50. The molecule has 0 saturated carbocycles. The number of hydrogen-bond acceptors (Lipinski definition) is 9. The lowest BCUT2D eigenvalue weighted by molar-refractivity contribution is 0.300. The fourth-order valence-corrected chi connectivity index (χ4v) is 5.81. The van der Waals surface area contributed by atoms with E-state index in [0.29, 0.717) is 11.3 Å². The smallest absolute Gasteiger partial charge is 0.212 e. The predicted octanol–water partition coefficient (Wildman–Crippen LogP) is 1.29. The van der Waals surface area contributed by atoms with Crippen LogP contribution in [0.15, 0.2) is 32.5 Å². The van der Waals surface area contributed by atoms with Crippen LogP contribution < -0.4 is 4.72 Å². The van der Waals surface area contributed by atoms with E-state index in [4.69, 9.17) is 4.63 Å². The summed E-state index contributed by atoms with van der Waals surface area (Å²) in [5.41, 5.74) is 1.21. The first-order valence-corrected chi connectivity index (χ1v) is 12.9. The second-order valence-electron chi connectivity index (χ2n) is 6.31. The van der Waals surface area contributed by atoms with Crippen LogP contribution in [0.3, 0.4) is 0 Å². The highest BCUT2D eigenvalue weighted by Crippen LogP contribution is 2.19. The van der Waals surface area contributed by atoms with Gasteiger partial charge in [0.05, 0.1) is 21.7 Å². The molecule has 0 aliphatic rings. The second-order valence-corrected chi connectivity index (χ2v) is 11.5. The first kappa shape index (κ1) is 24.4. The molecule has 2 N–H and O–H groups in total. The van der Waals surface area contributed by atoms with Crippen molar-refractivity contribution in [1.82, 2.24) is 15.0 Å². The Hall–Kier alpha value is -1.90. The van der Waals surface area contributed by atoms with E-state index in [-0.39, 0.29) is 40.9 Å². The van der Waals surface area contributed by atoms with Gasteiger partial charge < -0.3 is 5.21 Å². The lowest BCUT2D eigenvalue weighted by Crippen LogP contribution is -2.27. The van der Waals surface area contributed by atoms with Gasteiger partial charge in [0.2, 0.25) is 10.0 Å². The Morgan fingerprint density at radius 2 is 1.97 bits per heavy atom. The molecule has 1 heterocycles. The fraction of sp³-hybridized carbons (Fsp3) is 0.438. The number of halogens is 2. The van der Waals surface area contributed by atoms with E-state index in [1.165, 1.54) is 25.2 Å². The van der Waals surface area contributed by atoms with Crippen LogP contribution >= 0.6 is 15.9 Å². The quantitative estimate of drug-likeness (QED) is 0.252. The maximum absolute atomic E-state index is 13.4. The van der Waals surface area contributed by atoms with Crippen molar-refractivity contribution < 1.29 is 31.1 Å². The van der Waals surface area contributed by atoms with Gasteiger partial charge in [0.1, 0.15) is 17.2 Å². The summed E-state index contributed by atoms with van der Waals surface area (Å²) in [7, 11) is -5.99. The van der Waals surface area contributed by atoms with E-state index in [2.05, 4.69) is 36.1 Å². The largest absolute Gasteiger partial charge is 0.411 e. The number of oxime groups is 1. The van der Waals surface area contributed by atoms with Crippen molar-refractivity contribution >= 4 is 41.5 Å². The Balaban J connectivity index is 2.01. The van der Waals surface area contributed by atoms with Gasteiger partial charge in [-0.3, -0.25) is 0 Å². The van der Waals surface area contributed by atoms with Crippen molar-refractivity contribution in [2.45, 2.75) is 19.3 Å². The minimum atomic E-state index is -3.61. The number of sulfone groups is 1. The molecule has 14 heteroatoms. The van der Waals surface area contributed by atoms with Gasteiger partial charge in [0.25, 0.3) is 0 Å². The van der Waals surface area contributed by atoms with E-state index in [1.54, 1.807) is 0 Å². The molecule has 30 heavy (non-hydrogen) atoms. The zero-order chi connectivity index (χ0) is 22.4. The van der Waals surface area contributed by atoms with Gasteiger partial charge in [-0.2, -0.15) is 0 Å². The van der Waals surface area contributed by atoms with Crippen molar-refractivity contribution in [3.8, 4) is 0 Å². The number of hydrogen-bond donors (Lipinski definition) is 2. The number of benzene rings is 1. The summed E-state index contributed by atoms with van der Waals surface area (Å²) < 4.78 is 67.3. The van der Waals surface area contributed by atoms with Gasteiger partial charge in [-0.1, -0.05) is 16.4 Å². The summed E-state index contributed by atoms with van der Waals surface area (Å²) in [4.78, 5) is 0. The standard InChI is InChI=1S/C16H20BrFN4O6S2/c1-19-30(26,27)8-7-29(24,25)6-2-3-14-16(22-28-21-14)15(20-23)10-11-4-5-13(18)12(17)9-11/h4-5,9,19,23H,2-3,6-8,10H2,1H3/b20-15+. The summed E-state index contributed by atoms with van der Waals surface area (Å²) in [5, 5.41) is 20.0. The van der Waals surface area contributed by atoms with Crippen LogP contribution in [-0.4, -0.2) is 62.4 Å².